The fraction of sp³-hybridized carbons (Fsp3) is 0.467. The van der Waals surface area contributed by atoms with E-state index in [1.807, 2.05) is 17.0 Å². The van der Waals surface area contributed by atoms with Crippen molar-refractivity contribution in [3.05, 3.63) is 35.4 Å². The van der Waals surface area contributed by atoms with E-state index in [-0.39, 0.29) is 6.03 Å². The molecule has 5 heteroatoms. The Morgan fingerprint density at radius 1 is 1.10 bits per heavy atom. The van der Waals surface area contributed by atoms with Gasteiger partial charge in [0.15, 0.2) is 0 Å². The minimum atomic E-state index is -0.810. The zero-order valence-electron chi connectivity index (χ0n) is 11.3. The van der Waals surface area contributed by atoms with Crippen molar-refractivity contribution in [2.24, 2.45) is 5.92 Å². The number of nitrogens with zero attached hydrogens (tertiary/aromatic N) is 2. The van der Waals surface area contributed by atoms with Crippen molar-refractivity contribution in [3.8, 4) is 0 Å². The quantitative estimate of drug-likeness (QED) is 0.845. The second-order valence-corrected chi connectivity index (χ2v) is 5.52. The van der Waals surface area contributed by atoms with Crippen molar-refractivity contribution in [3.63, 3.8) is 0 Å². The van der Waals surface area contributed by atoms with Crippen LogP contribution in [0.4, 0.5) is 4.79 Å². The van der Waals surface area contributed by atoms with Gasteiger partial charge in [0.2, 0.25) is 0 Å². The summed E-state index contributed by atoms with van der Waals surface area (Å²) in [4.78, 5) is 26.6. The highest BCUT2D eigenvalue weighted by Gasteiger charge is 2.37. The van der Waals surface area contributed by atoms with Crippen molar-refractivity contribution in [1.82, 2.24) is 9.80 Å². The van der Waals surface area contributed by atoms with Gasteiger partial charge in [-0.2, -0.15) is 0 Å². The molecule has 0 aliphatic carbocycles. The summed E-state index contributed by atoms with van der Waals surface area (Å²) < 4.78 is 0. The molecule has 1 fully saturated rings. The van der Waals surface area contributed by atoms with Crippen LogP contribution in [-0.2, 0) is 17.8 Å². The van der Waals surface area contributed by atoms with E-state index < -0.39 is 11.9 Å². The summed E-state index contributed by atoms with van der Waals surface area (Å²) in [6.07, 6.45) is 1.96. The lowest BCUT2D eigenvalue weighted by atomic mass is 10.0. The number of carboxylic acids is 1. The summed E-state index contributed by atoms with van der Waals surface area (Å²) in [5, 5.41) is 8.87. The topological polar surface area (TPSA) is 60.9 Å². The van der Waals surface area contributed by atoms with Crippen LogP contribution in [0.15, 0.2) is 24.3 Å². The Balaban J connectivity index is 1.66. The first-order valence-electron chi connectivity index (χ1n) is 6.98. The van der Waals surface area contributed by atoms with E-state index in [0.29, 0.717) is 19.6 Å². The van der Waals surface area contributed by atoms with E-state index in [0.717, 1.165) is 19.4 Å². The predicted molar refractivity (Wildman–Crippen MR) is 73.3 cm³/mol. The maximum Gasteiger partial charge on any atom is 0.320 e. The third-order valence-corrected chi connectivity index (χ3v) is 4.13. The maximum atomic E-state index is 12.4. The maximum absolute atomic E-state index is 12.4. The number of hydrogen-bond donors (Lipinski definition) is 1. The molecule has 2 heterocycles. The number of aliphatic carboxylic acids is 1. The first-order chi connectivity index (χ1) is 9.65. The van der Waals surface area contributed by atoms with E-state index in [1.165, 1.54) is 11.1 Å². The van der Waals surface area contributed by atoms with Crippen molar-refractivity contribution in [2.45, 2.75) is 19.4 Å². The van der Waals surface area contributed by atoms with Crippen molar-refractivity contribution in [1.29, 1.82) is 0 Å². The summed E-state index contributed by atoms with van der Waals surface area (Å²) in [5.41, 5.74) is 2.52. The number of benzene rings is 1. The minimum absolute atomic E-state index is 0.0285. The first-order valence-corrected chi connectivity index (χ1v) is 6.98. The second-order valence-electron chi connectivity index (χ2n) is 5.52. The highest BCUT2D eigenvalue weighted by atomic mass is 16.4. The molecule has 0 saturated carbocycles. The van der Waals surface area contributed by atoms with Crippen LogP contribution in [0.3, 0.4) is 0 Å². The zero-order chi connectivity index (χ0) is 14.1. The molecule has 2 aliphatic rings. The van der Waals surface area contributed by atoms with Crippen molar-refractivity contribution < 1.29 is 14.7 Å². The molecule has 1 N–H and O–H groups in total. The molecule has 1 saturated heterocycles. The Morgan fingerprint density at radius 3 is 2.50 bits per heavy atom. The number of carbonyl (C=O) groups is 2. The van der Waals surface area contributed by atoms with Crippen molar-refractivity contribution >= 4 is 12.0 Å². The van der Waals surface area contributed by atoms with Gasteiger partial charge in [0.25, 0.3) is 0 Å². The van der Waals surface area contributed by atoms with Gasteiger partial charge in [0, 0.05) is 26.2 Å². The van der Waals surface area contributed by atoms with Crippen LogP contribution in [0.2, 0.25) is 0 Å². The first kappa shape index (κ1) is 13.0. The van der Waals surface area contributed by atoms with Gasteiger partial charge in [-0.1, -0.05) is 24.3 Å². The third-order valence-electron chi connectivity index (χ3n) is 4.13. The molecule has 2 aliphatic heterocycles. The monoisotopic (exact) mass is 274 g/mol. The summed E-state index contributed by atoms with van der Waals surface area (Å²) in [6, 6.07) is 8.18. The number of hydrogen-bond acceptors (Lipinski definition) is 2. The molecule has 3 rings (SSSR count). The van der Waals surface area contributed by atoms with Gasteiger partial charge in [-0.3, -0.25) is 4.79 Å². The number of carbonyl (C=O) groups excluding carboxylic acids is 1. The van der Waals surface area contributed by atoms with E-state index >= 15 is 0 Å². The Kier molecular flexibility index (Phi) is 3.34. The van der Waals surface area contributed by atoms with Crippen LogP contribution < -0.4 is 0 Å². The van der Waals surface area contributed by atoms with Crippen LogP contribution in [0.5, 0.6) is 0 Å². The molecule has 0 atom stereocenters. The fourth-order valence-electron chi connectivity index (χ4n) is 2.85. The highest BCUT2D eigenvalue weighted by molar-refractivity contribution is 5.80. The molecule has 20 heavy (non-hydrogen) atoms. The smallest absolute Gasteiger partial charge is 0.320 e. The third kappa shape index (κ3) is 2.35. The predicted octanol–water partition coefficient (Wildman–Crippen LogP) is 1.57. The summed E-state index contributed by atoms with van der Waals surface area (Å²) >= 11 is 0. The number of urea groups is 1. The Labute approximate surface area is 117 Å². The fourth-order valence-corrected chi connectivity index (χ4v) is 2.85. The van der Waals surface area contributed by atoms with Gasteiger partial charge in [-0.05, 0) is 24.0 Å². The summed E-state index contributed by atoms with van der Waals surface area (Å²) in [5.74, 6) is -1.20. The molecule has 2 amide bonds. The van der Waals surface area contributed by atoms with Crippen LogP contribution in [0.25, 0.3) is 0 Å². The minimum Gasteiger partial charge on any atom is -0.481 e. The van der Waals surface area contributed by atoms with E-state index in [2.05, 4.69) is 12.1 Å². The molecule has 0 radical (unpaired) electrons. The molecule has 5 nitrogen and oxygen atoms in total. The summed E-state index contributed by atoms with van der Waals surface area (Å²) in [6.45, 7) is 2.05. The van der Waals surface area contributed by atoms with Crippen molar-refractivity contribution in [2.75, 3.05) is 19.6 Å². The van der Waals surface area contributed by atoms with E-state index in [1.54, 1.807) is 4.90 Å². The average Bonchev–Trinajstić information content (AvgIpc) is 2.58. The SMILES string of the molecule is O=C(O)C1CN(C(=O)N2CCCc3ccccc3C2)C1. The molecule has 0 bridgehead atoms. The number of carboxylic acid groups (broad SMARTS) is 1. The van der Waals surface area contributed by atoms with Gasteiger partial charge < -0.3 is 14.9 Å². The molecular formula is C15H18N2O3. The molecule has 0 spiro atoms. The van der Waals surface area contributed by atoms with Gasteiger partial charge in [-0.25, -0.2) is 4.79 Å². The number of fused-ring (bicyclic) bond motifs is 1. The molecule has 0 aromatic heterocycles. The Morgan fingerprint density at radius 2 is 1.80 bits per heavy atom. The highest BCUT2D eigenvalue weighted by Crippen LogP contribution is 2.22. The number of likely N-dealkylation sites (tertiary alicyclic amines) is 1. The van der Waals surface area contributed by atoms with E-state index in [9.17, 15) is 9.59 Å². The van der Waals surface area contributed by atoms with Crippen LogP contribution in [0, 0.1) is 5.92 Å². The number of aryl methyl sites for hydroxylation is 1. The molecule has 1 aromatic rings. The average molecular weight is 274 g/mol. The van der Waals surface area contributed by atoms with Gasteiger partial charge >= 0.3 is 12.0 Å². The second kappa shape index (κ2) is 5.15. The standard InChI is InChI=1S/C15H18N2O3/c18-14(19)13-9-17(10-13)15(20)16-7-3-6-11-4-1-2-5-12(11)8-16/h1-2,4-5,13H,3,6-10H2,(H,18,19). The number of amides is 2. The Bertz CT molecular complexity index is 538. The van der Waals surface area contributed by atoms with Crippen LogP contribution >= 0.6 is 0 Å². The van der Waals surface area contributed by atoms with Crippen LogP contribution in [0.1, 0.15) is 17.5 Å². The molecule has 0 unspecified atom stereocenters. The Hall–Kier alpha value is -2.04. The van der Waals surface area contributed by atoms with E-state index in [4.69, 9.17) is 5.11 Å². The van der Waals surface area contributed by atoms with Gasteiger partial charge in [-0.15, -0.1) is 0 Å². The molecule has 1 aromatic carbocycles. The number of rotatable bonds is 1. The summed E-state index contributed by atoms with van der Waals surface area (Å²) in [7, 11) is 0. The largest absolute Gasteiger partial charge is 0.481 e. The van der Waals surface area contributed by atoms with Gasteiger partial charge in [0.05, 0.1) is 5.92 Å². The lowest BCUT2D eigenvalue weighted by Crippen LogP contribution is -2.56. The lowest BCUT2D eigenvalue weighted by Gasteiger charge is -2.39. The van der Waals surface area contributed by atoms with Gasteiger partial charge in [0.1, 0.15) is 0 Å². The zero-order valence-corrected chi connectivity index (χ0v) is 11.3. The normalized spacial score (nSPS) is 19.0. The molecular weight excluding hydrogens is 256 g/mol. The lowest BCUT2D eigenvalue weighted by molar-refractivity contribution is -0.146. The van der Waals surface area contributed by atoms with Crippen LogP contribution in [-0.4, -0.2) is 46.5 Å². The molecule has 106 valence electrons.